The van der Waals surface area contributed by atoms with Crippen LogP contribution in [0.2, 0.25) is 0 Å². The quantitative estimate of drug-likeness (QED) is 0.439. The molecule has 1 rings (SSSR count). The fraction of sp³-hybridized carbons (Fsp3) is 0.143. The zero-order chi connectivity index (χ0) is 10.0. The second kappa shape index (κ2) is 3.89. The van der Waals surface area contributed by atoms with E-state index in [1.165, 1.54) is 6.07 Å². The van der Waals surface area contributed by atoms with E-state index in [0.717, 1.165) is 12.1 Å². The number of hydrogen-bond acceptors (Lipinski definition) is 2. The maximum absolute atomic E-state index is 13.0. The van der Waals surface area contributed by atoms with E-state index in [9.17, 15) is 14.5 Å². The van der Waals surface area contributed by atoms with Gasteiger partial charge in [0.2, 0.25) is 0 Å². The van der Waals surface area contributed by atoms with Gasteiger partial charge in [-0.25, -0.2) is 4.39 Å². The number of alkyl halides is 2. The molecule has 1 aromatic carbocycles. The van der Waals surface area contributed by atoms with Crippen molar-refractivity contribution in [2.75, 3.05) is 0 Å². The maximum atomic E-state index is 13.0. The SMILES string of the molecule is O=[N+]([O-])c1cccc(F)c1C(Cl)Cl. The molecule has 0 spiro atoms. The van der Waals surface area contributed by atoms with Crippen LogP contribution in [-0.4, -0.2) is 4.92 Å². The third-order valence-electron chi connectivity index (χ3n) is 1.44. The van der Waals surface area contributed by atoms with Crippen molar-refractivity contribution < 1.29 is 9.31 Å². The molecule has 3 nitrogen and oxygen atoms in total. The summed E-state index contributed by atoms with van der Waals surface area (Å²) in [5, 5.41) is 10.4. The minimum atomic E-state index is -1.23. The van der Waals surface area contributed by atoms with Crippen molar-refractivity contribution in [3.63, 3.8) is 0 Å². The zero-order valence-electron chi connectivity index (χ0n) is 6.21. The van der Waals surface area contributed by atoms with Gasteiger partial charge in [-0.1, -0.05) is 29.3 Å². The van der Waals surface area contributed by atoms with Crippen LogP contribution in [0.5, 0.6) is 0 Å². The minimum absolute atomic E-state index is 0.296. The van der Waals surface area contributed by atoms with Crippen LogP contribution < -0.4 is 0 Å². The first-order chi connectivity index (χ1) is 6.04. The smallest absolute Gasteiger partial charge is 0.258 e. The fourth-order valence-electron chi connectivity index (χ4n) is 0.901. The molecule has 0 amide bonds. The molecular formula is C7H4Cl2FNO2. The molecule has 0 aromatic heterocycles. The maximum Gasteiger partial charge on any atom is 0.278 e. The van der Waals surface area contributed by atoms with Gasteiger partial charge in [0.15, 0.2) is 0 Å². The summed E-state index contributed by atoms with van der Waals surface area (Å²) in [6.07, 6.45) is 0. The van der Waals surface area contributed by atoms with Gasteiger partial charge in [0, 0.05) is 6.07 Å². The largest absolute Gasteiger partial charge is 0.278 e. The topological polar surface area (TPSA) is 43.1 Å². The first-order valence-corrected chi connectivity index (χ1v) is 4.12. The second-order valence-electron chi connectivity index (χ2n) is 2.23. The number of nitrogens with zero attached hydrogens (tertiary/aromatic N) is 1. The van der Waals surface area contributed by atoms with Gasteiger partial charge >= 0.3 is 0 Å². The molecule has 0 N–H and O–H groups in total. The van der Waals surface area contributed by atoms with Crippen LogP contribution in [0.1, 0.15) is 10.4 Å². The highest BCUT2D eigenvalue weighted by Gasteiger charge is 2.22. The first kappa shape index (κ1) is 10.2. The van der Waals surface area contributed by atoms with E-state index in [1.807, 2.05) is 0 Å². The summed E-state index contributed by atoms with van der Waals surface area (Å²) in [5.41, 5.74) is -0.703. The molecule has 6 heteroatoms. The van der Waals surface area contributed by atoms with Gasteiger partial charge in [-0.15, -0.1) is 0 Å². The Kier molecular flexibility index (Phi) is 3.06. The van der Waals surface area contributed by atoms with Crippen molar-refractivity contribution in [3.05, 3.63) is 39.7 Å². The third kappa shape index (κ3) is 2.08. The lowest BCUT2D eigenvalue weighted by Gasteiger charge is -2.03. The van der Waals surface area contributed by atoms with Crippen molar-refractivity contribution in [1.82, 2.24) is 0 Å². The minimum Gasteiger partial charge on any atom is -0.258 e. The molecule has 0 atom stereocenters. The number of nitro benzene ring substituents is 1. The van der Waals surface area contributed by atoms with Crippen molar-refractivity contribution >= 4 is 28.9 Å². The van der Waals surface area contributed by atoms with E-state index in [2.05, 4.69) is 0 Å². The zero-order valence-corrected chi connectivity index (χ0v) is 7.72. The fourth-order valence-corrected chi connectivity index (χ4v) is 1.33. The Hall–Kier alpha value is -0.870. The van der Waals surface area contributed by atoms with E-state index in [4.69, 9.17) is 23.2 Å². The van der Waals surface area contributed by atoms with Crippen LogP contribution in [0.3, 0.4) is 0 Å². The van der Waals surface area contributed by atoms with Crippen molar-refractivity contribution in [2.45, 2.75) is 4.84 Å². The summed E-state index contributed by atoms with van der Waals surface area (Å²) >= 11 is 10.8. The van der Waals surface area contributed by atoms with Crippen LogP contribution in [-0.2, 0) is 0 Å². The highest BCUT2D eigenvalue weighted by Crippen LogP contribution is 2.34. The molecule has 13 heavy (non-hydrogen) atoms. The predicted molar refractivity (Wildman–Crippen MR) is 47.5 cm³/mol. The summed E-state index contributed by atoms with van der Waals surface area (Å²) in [4.78, 5) is 8.44. The highest BCUT2D eigenvalue weighted by atomic mass is 35.5. The van der Waals surface area contributed by atoms with Gasteiger partial charge < -0.3 is 0 Å². The average Bonchev–Trinajstić information content (AvgIpc) is 2.02. The van der Waals surface area contributed by atoms with Crippen molar-refractivity contribution in [2.24, 2.45) is 0 Å². The van der Waals surface area contributed by atoms with Gasteiger partial charge in [0.25, 0.3) is 5.69 Å². The van der Waals surface area contributed by atoms with Gasteiger partial charge in [-0.05, 0) is 6.07 Å². The Balaban J connectivity index is 3.34. The van der Waals surface area contributed by atoms with E-state index in [-0.39, 0.29) is 5.56 Å². The first-order valence-electron chi connectivity index (χ1n) is 3.25. The molecule has 0 aliphatic rings. The van der Waals surface area contributed by atoms with Crippen LogP contribution in [0.15, 0.2) is 18.2 Å². The van der Waals surface area contributed by atoms with E-state index in [0.29, 0.717) is 0 Å². The molecule has 0 aliphatic carbocycles. The predicted octanol–water partition coefficient (Wildman–Crippen LogP) is 3.21. The van der Waals surface area contributed by atoms with Gasteiger partial charge in [-0.2, -0.15) is 0 Å². The standard InChI is InChI=1S/C7H4Cl2FNO2/c8-7(9)6-4(10)2-1-3-5(6)11(12)13/h1-3,7H. The highest BCUT2D eigenvalue weighted by molar-refractivity contribution is 6.44. The van der Waals surface area contributed by atoms with Crippen LogP contribution in [0.25, 0.3) is 0 Å². The second-order valence-corrected chi connectivity index (χ2v) is 3.33. The Morgan fingerprint density at radius 3 is 2.46 bits per heavy atom. The summed E-state index contributed by atoms with van der Waals surface area (Å²) in [6.45, 7) is 0. The molecule has 0 unspecified atom stereocenters. The lowest BCUT2D eigenvalue weighted by molar-refractivity contribution is -0.385. The third-order valence-corrected chi connectivity index (χ3v) is 1.88. The Morgan fingerprint density at radius 2 is 2.08 bits per heavy atom. The van der Waals surface area contributed by atoms with Crippen LogP contribution in [0.4, 0.5) is 10.1 Å². The molecule has 0 aliphatic heterocycles. The molecule has 70 valence electrons. The molecule has 1 aromatic rings. The summed E-state index contributed by atoms with van der Waals surface area (Å²) < 4.78 is 13.0. The molecule has 0 radical (unpaired) electrons. The van der Waals surface area contributed by atoms with Crippen LogP contribution in [0, 0.1) is 15.9 Å². The van der Waals surface area contributed by atoms with E-state index >= 15 is 0 Å². The monoisotopic (exact) mass is 223 g/mol. The Morgan fingerprint density at radius 1 is 1.46 bits per heavy atom. The Labute approximate surface area is 83.2 Å². The molecular weight excluding hydrogens is 220 g/mol. The van der Waals surface area contributed by atoms with Crippen molar-refractivity contribution in [3.8, 4) is 0 Å². The lowest BCUT2D eigenvalue weighted by atomic mass is 10.2. The summed E-state index contributed by atoms with van der Waals surface area (Å²) in [5.74, 6) is -0.774. The molecule has 0 saturated heterocycles. The van der Waals surface area contributed by atoms with E-state index in [1.54, 1.807) is 0 Å². The molecule has 0 heterocycles. The van der Waals surface area contributed by atoms with Gasteiger partial charge in [0.05, 0.1) is 10.5 Å². The number of rotatable bonds is 2. The lowest BCUT2D eigenvalue weighted by Crippen LogP contribution is -1.97. The number of nitro groups is 1. The van der Waals surface area contributed by atoms with Gasteiger partial charge in [-0.3, -0.25) is 10.1 Å². The summed E-state index contributed by atoms with van der Waals surface area (Å²) in [7, 11) is 0. The number of benzene rings is 1. The molecule has 0 bridgehead atoms. The normalized spacial score (nSPS) is 10.5. The van der Waals surface area contributed by atoms with Gasteiger partial charge in [0.1, 0.15) is 10.7 Å². The number of halogens is 3. The summed E-state index contributed by atoms with van der Waals surface area (Å²) in [6, 6.07) is 3.45. The molecule has 0 saturated carbocycles. The average molecular weight is 224 g/mol. The molecule has 0 fully saturated rings. The number of hydrogen-bond donors (Lipinski definition) is 0. The Bertz CT molecular complexity index is 343. The van der Waals surface area contributed by atoms with Crippen molar-refractivity contribution in [1.29, 1.82) is 0 Å². The van der Waals surface area contributed by atoms with E-state index < -0.39 is 21.3 Å². The van der Waals surface area contributed by atoms with Crippen LogP contribution >= 0.6 is 23.2 Å².